The molecule has 1 aromatic rings. The molecule has 0 aliphatic carbocycles. The lowest BCUT2D eigenvalue weighted by Gasteiger charge is -2.16. The van der Waals surface area contributed by atoms with Gasteiger partial charge < -0.3 is 14.9 Å². The van der Waals surface area contributed by atoms with Gasteiger partial charge in [-0.2, -0.15) is 0 Å². The maximum Gasteiger partial charge on any atom is 0.344 e. The van der Waals surface area contributed by atoms with Crippen LogP contribution in [0.1, 0.15) is 31.9 Å². The summed E-state index contributed by atoms with van der Waals surface area (Å²) < 4.78 is 5.27. The highest BCUT2D eigenvalue weighted by atomic mass is 16.5. The van der Waals surface area contributed by atoms with Crippen LogP contribution in [0.5, 0.6) is 5.75 Å². The van der Waals surface area contributed by atoms with E-state index in [0.717, 1.165) is 0 Å². The standard InChI is InChI=1S/C12H16O4/c1-3-10(13)9-6-4-5-7-11(9)16-8(2)12(14)15/h4-8,10,13H,3H2,1-2H3,(H,14,15)/t8?,10-/m0/s1. The van der Waals surface area contributed by atoms with Gasteiger partial charge in [-0.25, -0.2) is 4.79 Å². The van der Waals surface area contributed by atoms with E-state index in [4.69, 9.17) is 9.84 Å². The molecule has 0 spiro atoms. The quantitative estimate of drug-likeness (QED) is 0.802. The number of aliphatic carboxylic acids is 1. The Labute approximate surface area is 94.5 Å². The Hall–Kier alpha value is -1.55. The van der Waals surface area contributed by atoms with Gasteiger partial charge in [0.25, 0.3) is 0 Å². The maximum absolute atomic E-state index is 10.7. The summed E-state index contributed by atoms with van der Waals surface area (Å²) in [6, 6.07) is 6.92. The first-order valence-corrected chi connectivity index (χ1v) is 5.22. The van der Waals surface area contributed by atoms with Crippen LogP contribution in [-0.2, 0) is 4.79 Å². The Morgan fingerprint density at radius 1 is 1.44 bits per heavy atom. The predicted molar refractivity (Wildman–Crippen MR) is 59.4 cm³/mol. The van der Waals surface area contributed by atoms with Gasteiger partial charge in [0.1, 0.15) is 5.75 Å². The van der Waals surface area contributed by atoms with Crippen LogP contribution in [0, 0.1) is 0 Å². The third-order valence-corrected chi connectivity index (χ3v) is 2.32. The summed E-state index contributed by atoms with van der Waals surface area (Å²) in [5, 5.41) is 18.5. The van der Waals surface area contributed by atoms with E-state index in [1.54, 1.807) is 24.3 Å². The molecule has 1 rings (SSSR count). The number of hydrogen-bond donors (Lipinski definition) is 2. The first kappa shape index (κ1) is 12.5. The van der Waals surface area contributed by atoms with Crippen molar-refractivity contribution in [3.05, 3.63) is 29.8 Å². The van der Waals surface area contributed by atoms with Gasteiger partial charge in [0.05, 0.1) is 6.10 Å². The number of carboxylic acid groups (broad SMARTS) is 1. The summed E-state index contributed by atoms with van der Waals surface area (Å²) in [4.78, 5) is 10.7. The lowest BCUT2D eigenvalue weighted by atomic mass is 10.1. The summed E-state index contributed by atoms with van der Waals surface area (Å²) in [5.74, 6) is -0.604. The highest BCUT2D eigenvalue weighted by Crippen LogP contribution is 2.27. The van der Waals surface area contributed by atoms with E-state index < -0.39 is 18.2 Å². The smallest absolute Gasteiger partial charge is 0.344 e. The average Bonchev–Trinajstić information content (AvgIpc) is 2.28. The Bertz CT molecular complexity index is 362. The molecule has 0 saturated carbocycles. The molecular weight excluding hydrogens is 208 g/mol. The molecule has 1 unspecified atom stereocenters. The van der Waals surface area contributed by atoms with E-state index in [9.17, 15) is 9.90 Å². The first-order chi connectivity index (χ1) is 7.56. The fraction of sp³-hybridized carbons (Fsp3) is 0.417. The molecule has 16 heavy (non-hydrogen) atoms. The fourth-order valence-corrected chi connectivity index (χ4v) is 1.32. The summed E-state index contributed by atoms with van der Waals surface area (Å²) in [7, 11) is 0. The topological polar surface area (TPSA) is 66.8 Å². The molecule has 0 bridgehead atoms. The van der Waals surface area contributed by atoms with Crippen molar-refractivity contribution in [1.29, 1.82) is 0 Å². The number of ether oxygens (including phenoxy) is 1. The molecule has 88 valence electrons. The molecule has 0 aromatic heterocycles. The zero-order valence-corrected chi connectivity index (χ0v) is 9.38. The van der Waals surface area contributed by atoms with Crippen molar-refractivity contribution in [1.82, 2.24) is 0 Å². The highest BCUT2D eigenvalue weighted by molar-refractivity contribution is 5.72. The van der Waals surface area contributed by atoms with Gasteiger partial charge in [-0.15, -0.1) is 0 Å². The van der Waals surface area contributed by atoms with Gasteiger partial charge >= 0.3 is 5.97 Å². The van der Waals surface area contributed by atoms with E-state index in [1.807, 2.05) is 6.92 Å². The van der Waals surface area contributed by atoms with Crippen LogP contribution >= 0.6 is 0 Å². The van der Waals surface area contributed by atoms with Crippen molar-refractivity contribution in [2.45, 2.75) is 32.5 Å². The van der Waals surface area contributed by atoms with Gasteiger partial charge in [0, 0.05) is 5.56 Å². The van der Waals surface area contributed by atoms with Gasteiger partial charge in [0.2, 0.25) is 0 Å². The number of aliphatic hydroxyl groups is 1. The van der Waals surface area contributed by atoms with Crippen molar-refractivity contribution in [3.8, 4) is 5.75 Å². The van der Waals surface area contributed by atoms with Crippen molar-refractivity contribution in [3.63, 3.8) is 0 Å². The van der Waals surface area contributed by atoms with Crippen LogP contribution in [0.3, 0.4) is 0 Å². The van der Waals surface area contributed by atoms with Crippen molar-refractivity contribution in [2.24, 2.45) is 0 Å². The van der Waals surface area contributed by atoms with E-state index in [2.05, 4.69) is 0 Å². The van der Waals surface area contributed by atoms with E-state index in [-0.39, 0.29) is 0 Å². The van der Waals surface area contributed by atoms with Crippen LogP contribution in [0.4, 0.5) is 0 Å². The van der Waals surface area contributed by atoms with E-state index in [0.29, 0.717) is 17.7 Å². The molecule has 0 fully saturated rings. The largest absolute Gasteiger partial charge is 0.479 e. The minimum absolute atomic E-state index is 0.423. The Kier molecular flexibility index (Phi) is 4.31. The Morgan fingerprint density at radius 2 is 2.06 bits per heavy atom. The molecule has 0 aliphatic rings. The van der Waals surface area contributed by atoms with Crippen LogP contribution in [0.25, 0.3) is 0 Å². The number of hydrogen-bond acceptors (Lipinski definition) is 3. The molecule has 4 heteroatoms. The SMILES string of the molecule is CC[C@H](O)c1ccccc1OC(C)C(=O)O. The summed E-state index contributed by atoms with van der Waals surface area (Å²) in [6.07, 6.45) is -0.996. The van der Waals surface area contributed by atoms with Gasteiger partial charge in [-0.05, 0) is 19.4 Å². The minimum atomic E-state index is -1.03. The number of carboxylic acids is 1. The third-order valence-electron chi connectivity index (χ3n) is 2.32. The monoisotopic (exact) mass is 224 g/mol. The second-order valence-corrected chi connectivity index (χ2v) is 3.56. The van der Waals surface area contributed by atoms with Crippen LogP contribution in [0.15, 0.2) is 24.3 Å². The minimum Gasteiger partial charge on any atom is -0.479 e. The average molecular weight is 224 g/mol. The van der Waals surface area contributed by atoms with Gasteiger partial charge in [-0.3, -0.25) is 0 Å². The van der Waals surface area contributed by atoms with Crippen LogP contribution < -0.4 is 4.74 Å². The second kappa shape index (κ2) is 5.51. The van der Waals surface area contributed by atoms with E-state index in [1.165, 1.54) is 6.92 Å². The second-order valence-electron chi connectivity index (χ2n) is 3.56. The normalized spacial score (nSPS) is 14.2. The molecule has 0 amide bonds. The molecule has 0 aliphatic heterocycles. The molecular formula is C12H16O4. The molecule has 4 nitrogen and oxygen atoms in total. The van der Waals surface area contributed by atoms with Gasteiger partial charge in [-0.1, -0.05) is 25.1 Å². The number of carbonyl (C=O) groups is 1. The van der Waals surface area contributed by atoms with Crippen LogP contribution in [-0.4, -0.2) is 22.3 Å². The molecule has 1 aromatic carbocycles. The van der Waals surface area contributed by atoms with Crippen LogP contribution in [0.2, 0.25) is 0 Å². The summed E-state index contributed by atoms with van der Waals surface area (Å²) >= 11 is 0. The zero-order valence-electron chi connectivity index (χ0n) is 9.38. The maximum atomic E-state index is 10.7. The zero-order chi connectivity index (χ0) is 12.1. The number of rotatable bonds is 5. The lowest BCUT2D eigenvalue weighted by Crippen LogP contribution is -2.23. The predicted octanol–water partition coefficient (Wildman–Crippen LogP) is 1.98. The van der Waals surface area contributed by atoms with E-state index >= 15 is 0 Å². The Morgan fingerprint density at radius 3 is 2.62 bits per heavy atom. The number of para-hydroxylation sites is 1. The molecule has 0 saturated heterocycles. The Balaban J connectivity index is 2.90. The molecule has 2 atom stereocenters. The van der Waals surface area contributed by atoms with Crippen molar-refractivity contribution in [2.75, 3.05) is 0 Å². The van der Waals surface area contributed by atoms with Crippen molar-refractivity contribution < 1.29 is 19.7 Å². The third kappa shape index (κ3) is 2.97. The highest BCUT2D eigenvalue weighted by Gasteiger charge is 2.17. The number of benzene rings is 1. The lowest BCUT2D eigenvalue weighted by molar-refractivity contribution is -0.144. The summed E-state index contributed by atoms with van der Waals surface area (Å²) in [6.45, 7) is 3.31. The molecule has 0 heterocycles. The number of aliphatic hydroxyl groups excluding tert-OH is 1. The summed E-state index contributed by atoms with van der Waals surface area (Å²) in [5.41, 5.74) is 0.623. The molecule has 0 radical (unpaired) electrons. The fourth-order valence-electron chi connectivity index (χ4n) is 1.32. The first-order valence-electron chi connectivity index (χ1n) is 5.22. The molecule has 2 N–H and O–H groups in total. The van der Waals surface area contributed by atoms with Crippen molar-refractivity contribution >= 4 is 5.97 Å². The van der Waals surface area contributed by atoms with Gasteiger partial charge in [0.15, 0.2) is 6.10 Å².